The molecule has 0 aromatic heterocycles. The van der Waals surface area contributed by atoms with E-state index in [-0.39, 0.29) is 0 Å². The Morgan fingerprint density at radius 1 is 1.00 bits per heavy atom. The number of unbranched alkanes of at least 4 members (excludes halogenated alkanes) is 6. The number of rotatable bonds is 12. The zero-order chi connectivity index (χ0) is 16.2. The Morgan fingerprint density at radius 3 is 2.23 bits per heavy atom. The number of hydrogen-bond donors (Lipinski definition) is 2. The summed E-state index contributed by atoms with van der Waals surface area (Å²) < 4.78 is 0. The average molecular weight is 304 g/mol. The Hall–Kier alpha value is -1.45. The van der Waals surface area contributed by atoms with Gasteiger partial charge in [-0.15, -0.1) is 6.58 Å². The zero-order valence-corrected chi connectivity index (χ0v) is 13.3. The number of aliphatic hydroxyl groups is 2. The van der Waals surface area contributed by atoms with Crippen LogP contribution in [0.15, 0.2) is 43.0 Å². The third-order valence-corrected chi connectivity index (χ3v) is 3.85. The summed E-state index contributed by atoms with van der Waals surface area (Å²) in [6.07, 6.45) is 7.77. The zero-order valence-electron chi connectivity index (χ0n) is 13.3. The summed E-state index contributed by atoms with van der Waals surface area (Å²) in [6.45, 7) is 3.70. The molecule has 122 valence electrons. The predicted molar refractivity (Wildman–Crippen MR) is 89.9 cm³/mol. The molecule has 0 aliphatic heterocycles. The van der Waals surface area contributed by atoms with E-state index in [0.29, 0.717) is 12.0 Å². The highest BCUT2D eigenvalue weighted by Crippen LogP contribution is 2.14. The van der Waals surface area contributed by atoms with Gasteiger partial charge in [0.1, 0.15) is 6.10 Å². The fraction of sp³-hybridized carbons (Fsp3) is 0.526. The summed E-state index contributed by atoms with van der Waals surface area (Å²) in [6, 6.07) is 8.62. The second kappa shape index (κ2) is 11.2. The van der Waals surface area contributed by atoms with Crippen molar-refractivity contribution < 1.29 is 15.0 Å². The molecule has 0 amide bonds. The number of aliphatic hydroxyl groups excluding tert-OH is 2. The maximum Gasteiger partial charge on any atom is 0.193 e. The van der Waals surface area contributed by atoms with E-state index < -0.39 is 18.0 Å². The molecule has 0 fully saturated rings. The minimum atomic E-state index is -1.32. The Balaban J connectivity index is 2.17. The molecule has 2 atom stereocenters. The van der Waals surface area contributed by atoms with Crippen molar-refractivity contribution in [2.45, 2.75) is 63.6 Å². The molecular formula is C19H28O3. The van der Waals surface area contributed by atoms with Gasteiger partial charge < -0.3 is 10.2 Å². The van der Waals surface area contributed by atoms with Gasteiger partial charge in [-0.2, -0.15) is 0 Å². The molecule has 0 heterocycles. The highest BCUT2D eigenvalue weighted by molar-refractivity contribution is 5.99. The summed E-state index contributed by atoms with van der Waals surface area (Å²) in [5, 5.41) is 19.9. The minimum absolute atomic E-state index is 0.405. The summed E-state index contributed by atoms with van der Waals surface area (Å²) >= 11 is 0. The van der Waals surface area contributed by atoms with Gasteiger partial charge in [-0.25, -0.2) is 0 Å². The van der Waals surface area contributed by atoms with Crippen LogP contribution >= 0.6 is 0 Å². The predicted octanol–water partition coefficient (Wildman–Crippen LogP) is 3.90. The van der Waals surface area contributed by atoms with Gasteiger partial charge in [-0.3, -0.25) is 4.79 Å². The van der Waals surface area contributed by atoms with Crippen molar-refractivity contribution >= 4 is 5.78 Å². The first-order valence-electron chi connectivity index (χ1n) is 8.23. The van der Waals surface area contributed by atoms with Crippen molar-refractivity contribution in [3.05, 3.63) is 48.6 Å². The normalized spacial score (nSPS) is 13.5. The number of allylic oxidation sites excluding steroid dienone is 1. The van der Waals surface area contributed by atoms with E-state index in [1.54, 1.807) is 24.3 Å². The van der Waals surface area contributed by atoms with Crippen LogP contribution in [0.2, 0.25) is 0 Å². The molecule has 1 rings (SSSR count). The molecule has 3 heteroatoms. The molecule has 0 radical (unpaired) electrons. The van der Waals surface area contributed by atoms with Crippen molar-refractivity contribution in [1.82, 2.24) is 0 Å². The van der Waals surface area contributed by atoms with Gasteiger partial charge in [-0.05, 0) is 19.3 Å². The maximum atomic E-state index is 12.0. The van der Waals surface area contributed by atoms with Gasteiger partial charge >= 0.3 is 0 Å². The van der Waals surface area contributed by atoms with Crippen LogP contribution in [0, 0.1) is 0 Å². The van der Waals surface area contributed by atoms with Crippen LogP contribution in [0.25, 0.3) is 0 Å². The third kappa shape index (κ3) is 7.01. The first-order chi connectivity index (χ1) is 10.7. The van der Waals surface area contributed by atoms with E-state index in [9.17, 15) is 15.0 Å². The number of carbonyl (C=O) groups excluding carboxylic acids is 1. The SMILES string of the molecule is C=CCCCCCCCC[C@@H](O)[C@@H](O)C(=O)c1ccccc1. The molecule has 0 spiro atoms. The molecule has 1 aromatic rings. The van der Waals surface area contributed by atoms with Crippen molar-refractivity contribution in [2.75, 3.05) is 0 Å². The van der Waals surface area contributed by atoms with Crippen molar-refractivity contribution in [3.63, 3.8) is 0 Å². The lowest BCUT2D eigenvalue weighted by atomic mass is 9.98. The summed E-state index contributed by atoms with van der Waals surface area (Å²) in [5.74, 6) is -0.405. The fourth-order valence-corrected chi connectivity index (χ4v) is 2.46. The Kier molecular flexibility index (Phi) is 9.44. The van der Waals surface area contributed by atoms with Gasteiger partial charge in [0.15, 0.2) is 5.78 Å². The van der Waals surface area contributed by atoms with Gasteiger partial charge in [0.05, 0.1) is 6.10 Å². The standard InChI is InChI=1S/C19H28O3/c1-2-3-4-5-6-7-8-12-15-17(20)19(22)18(21)16-13-10-9-11-14-16/h2,9-11,13-14,17,19-20,22H,1,3-8,12,15H2/t17-,19-/m1/s1. The monoisotopic (exact) mass is 304 g/mol. The number of Topliss-reactive ketones (excluding diaryl/α,β-unsaturated/α-hetero) is 1. The fourth-order valence-electron chi connectivity index (χ4n) is 2.46. The molecule has 0 aliphatic rings. The molecule has 22 heavy (non-hydrogen) atoms. The second-order valence-electron chi connectivity index (χ2n) is 5.73. The molecule has 1 aromatic carbocycles. The van der Waals surface area contributed by atoms with Crippen LogP contribution in [0.4, 0.5) is 0 Å². The third-order valence-electron chi connectivity index (χ3n) is 3.85. The van der Waals surface area contributed by atoms with Crippen LogP contribution in [0.5, 0.6) is 0 Å². The summed E-state index contributed by atoms with van der Waals surface area (Å²) in [4.78, 5) is 12.0. The van der Waals surface area contributed by atoms with Crippen molar-refractivity contribution in [1.29, 1.82) is 0 Å². The quantitative estimate of drug-likeness (QED) is 0.350. The van der Waals surface area contributed by atoms with E-state index in [1.165, 1.54) is 19.3 Å². The van der Waals surface area contributed by atoms with Crippen LogP contribution in [0.3, 0.4) is 0 Å². The van der Waals surface area contributed by atoms with E-state index in [2.05, 4.69) is 6.58 Å². The number of benzene rings is 1. The average Bonchev–Trinajstić information content (AvgIpc) is 2.56. The van der Waals surface area contributed by atoms with Crippen LogP contribution in [-0.4, -0.2) is 28.2 Å². The molecule has 0 unspecified atom stereocenters. The Morgan fingerprint density at radius 2 is 1.59 bits per heavy atom. The largest absolute Gasteiger partial charge is 0.390 e. The van der Waals surface area contributed by atoms with Crippen LogP contribution in [0.1, 0.15) is 61.7 Å². The maximum absolute atomic E-state index is 12.0. The highest BCUT2D eigenvalue weighted by atomic mass is 16.3. The van der Waals surface area contributed by atoms with Gasteiger partial charge in [0.2, 0.25) is 0 Å². The molecule has 2 N–H and O–H groups in total. The first kappa shape index (κ1) is 18.6. The number of carbonyl (C=O) groups is 1. The van der Waals surface area contributed by atoms with E-state index in [1.807, 2.05) is 12.1 Å². The van der Waals surface area contributed by atoms with Gasteiger partial charge in [0.25, 0.3) is 0 Å². The van der Waals surface area contributed by atoms with E-state index in [0.717, 1.165) is 25.7 Å². The summed E-state index contributed by atoms with van der Waals surface area (Å²) in [5.41, 5.74) is 0.441. The molecule has 0 aliphatic carbocycles. The van der Waals surface area contributed by atoms with Gasteiger partial charge in [0, 0.05) is 5.56 Å². The minimum Gasteiger partial charge on any atom is -0.390 e. The van der Waals surface area contributed by atoms with E-state index >= 15 is 0 Å². The molecule has 3 nitrogen and oxygen atoms in total. The van der Waals surface area contributed by atoms with E-state index in [4.69, 9.17) is 0 Å². The number of ketones is 1. The lowest BCUT2D eigenvalue weighted by molar-refractivity contribution is 0.0167. The lowest BCUT2D eigenvalue weighted by Gasteiger charge is -2.16. The smallest absolute Gasteiger partial charge is 0.193 e. The molecule has 0 saturated heterocycles. The first-order valence-corrected chi connectivity index (χ1v) is 8.23. The topological polar surface area (TPSA) is 57.5 Å². The molecule has 0 bridgehead atoms. The van der Waals surface area contributed by atoms with Gasteiger partial charge in [-0.1, -0.05) is 68.5 Å². The Bertz CT molecular complexity index is 428. The lowest BCUT2D eigenvalue weighted by Crippen LogP contribution is -2.33. The Labute approximate surface area is 133 Å². The molecular weight excluding hydrogens is 276 g/mol. The number of hydrogen-bond acceptors (Lipinski definition) is 3. The van der Waals surface area contributed by atoms with Crippen molar-refractivity contribution in [2.24, 2.45) is 0 Å². The molecule has 0 saturated carbocycles. The van der Waals surface area contributed by atoms with Crippen molar-refractivity contribution in [3.8, 4) is 0 Å². The second-order valence-corrected chi connectivity index (χ2v) is 5.73. The van der Waals surface area contributed by atoms with Crippen LogP contribution < -0.4 is 0 Å². The summed E-state index contributed by atoms with van der Waals surface area (Å²) in [7, 11) is 0. The highest BCUT2D eigenvalue weighted by Gasteiger charge is 2.24. The van der Waals surface area contributed by atoms with Crippen LogP contribution in [-0.2, 0) is 0 Å².